The first kappa shape index (κ1) is 19.3. The fourth-order valence-electron chi connectivity index (χ4n) is 2.95. The lowest BCUT2D eigenvalue weighted by atomic mass is 9.81. The number of aliphatic hydroxyl groups is 1. The van der Waals surface area contributed by atoms with Gasteiger partial charge in [0.25, 0.3) is 0 Å². The highest BCUT2D eigenvalue weighted by atomic mass is 16.5. The van der Waals surface area contributed by atoms with Gasteiger partial charge in [0.15, 0.2) is 5.60 Å². The fraction of sp³-hybridized carbons (Fsp3) is 0.190. The summed E-state index contributed by atoms with van der Waals surface area (Å²) in [5.74, 6) is -1.10. The Morgan fingerprint density at radius 3 is 2.04 bits per heavy atom. The monoisotopic (exact) mass is 380 g/mol. The van der Waals surface area contributed by atoms with E-state index in [1.165, 1.54) is 13.3 Å². The van der Waals surface area contributed by atoms with Crippen LogP contribution in [-0.4, -0.2) is 39.4 Å². The van der Waals surface area contributed by atoms with Gasteiger partial charge in [-0.3, -0.25) is 0 Å². The first-order valence-electron chi connectivity index (χ1n) is 8.57. The SMILES string of the molecule is COc1nc(OC(C(=O)O)C(O)(c2ccccc2)c2ccccc2)ncc1C. The summed E-state index contributed by atoms with van der Waals surface area (Å²) in [6.45, 7) is 1.75. The van der Waals surface area contributed by atoms with E-state index in [0.717, 1.165) is 0 Å². The van der Waals surface area contributed by atoms with Gasteiger partial charge in [0.1, 0.15) is 0 Å². The number of aromatic nitrogens is 2. The molecule has 0 aliphatic heterocycles. The minimum atomic E-state index is -1.98. The van der Waals surface area contributed by atoms with Gasteiger partial charge in [-0.05, 0) is 18.1 Å². The van der Waals surface area contributed by atoms with Gasteiger partial charge < -0.3 is 19.7 Å². The fourth-order valence-corrected chi connectivity index (χ4v) is 2.95. The van der Waals surface area contributed by atoms with E-state index in [4.69, 9.17) is 9.47 Å². The zero-order valence-electron chi connectivity index (χ0n) is 15.4. The van der Waals surface area contributed by atoms with Gasteiger partial charge in [-0.1, -0.05) is 60.7 Å². The largest absolute Gasteiger partial charge is 0.481 e. The van der Waals surface area contributed by atoms with Crippen molar-refractivity contribution in [2.45, 2.75) is 18.6 Å². The predicted octanol–water partition coefficient (Wildman–Crippen LogP) is 2.56. The zero-order valence-corrected chi connectivity index (χ0v) is 15.4. The molecule has 0 bridgehead atoms. The summed E-state index contributed by atoms with van der Waals surface area (Å²) in [6, 6.07) is 16.8. The second kappa shape index (κ2) is 8.06. The van der Waals surface area contributed by atoms with Crippen LogP contribution in [0.15, 0.2) is 66.9 Å². The average molecular weight is 380 g/mol. The normalized spacial score (nSPS) is 12.2. The quantitative estimate of drug-likeness (QED) is 0.649. The molecule has 7 nitrogen and oxygen atoms in total. The average Bonchev–Trinajstić information content (AvgIpc) is 2.73. The van der Waals surface area contributed by atoms with Crippen LogP contribution in [-0.2, 0) is 10.4 Å². The molecule has 2 aromatic carbocycles. The third-order valence-electron chi connectivity index (χ3n) is 4.35. The highest BCUT2D eigenvalue weighted by Crippen LogP contribution is 2.35. The Balaban J connectivity index is 2.11. The lowest BCUT2D eigenvalue weighted by molar-refractivity contribution is -0.157. The maximum absolute atomic E-state index is 12.1. The van der Waals surface area contributed by atoms with E-state index in [1.807, 2.05) is 0 Å². The van der Waals surface area contributed by atoms with Crippen LogP contribution in [0.4, 0.5) is 0 Å². The number of hydrogen-bond donors (Lipinski definition) is 2. The van der Waals surface area contributed by atoms with Gasteiger partial charge >= 0.3 is 12.0 Å². The molecule has 2 N–H and O–H groups in total. The molecule has 0 radical (unpaired) electrons. The topological polar surface area (TPSA) is 102 Å². The van der Waals surface area contributed by atoms with Crippen molar-refractivity contribution in [2.24, 2.45) is 0 Å². The van der Waals surface area contributed by atoms with Crippen LogP contribution in [0, 0.1) is 6.92 Å². The zero-order chi connectivity index (χ0) is 20.1. The predicted molar refractivity (Wildman–Crippen MR) is 101 cm³/mol. The number of benzene rings is 2. The molecule has 144 valence electrons. The Kier molecular flexibility index (Phi) is 5.56. The molecule has 3 aromatic rings. The summed E-state index contributed by atoms with van der Waals surface area (Å²) < 4.78 is 10.7. The third kappa shape index (κ3) is 3.65. The number of aliphatic carboxylic acids is 1. The number of methoxy groups -OCH3 is 1. The Morgan fingerprint density at radius 2 is 1.57 bits per heavy atom. The standard InChI is InChI=1S/C21H20N2O5/c1-14-13-22-20(23-18(14)27-2)28-17(19(24)25)21(26,15-9-5-3-6-10-15)16-11-7-4-8-12-16/h3-13,17,26H,1-2H3,(H,24,25). The van der Waals surface area contributed by atoms with E-state index in [9.17, 15) is 15.0 Å². The second-order valence-corrected chi connectivity index (χ2v) is 6.18. The van der Waals surface area contributed by atoms with Crippen molar-refractivity contribution >= 4 is 5.97 Å². The van der Waals surface area contributed by atoms with E-state index >= 15 is 0 Å². The molecular weight excluding hydrogens is 360 g/mol. The summed E-state index contributed by atoms with van der Waals surface area (Å²) >= 11 is 0. The molecular formula is C21H20N2O5. The van der Waals surface area contributed by atoms with Crippen LogP contribution in [0.3, 0.4) is 0 Å². The summed E-state index contributed by atoms with van der Waals surface area (Å²) in [6.07, 6.45) is -0.242. The number of hydrogen-bond acceptors (Lipinski definition) is 6. The first-order valence-corrected chi connectivity index (χ1v) is 8.57. The molecule has 3 rings (SSSR count). The van der Waals surface area contributed by atoms with Gasteiger partial charge in [-0.15, -0.1) is 0 Å². The van der Waals surface area contributed by atoms with Crippen molar-refractivity contribution in [2.75, 3.05) is 7.11 Å². The molecule has 28 heavy (non-hydrogen) atoms. The van der Waals surface area contributed by atoms with Crippen LogP contribution >= 0.6 is 0 Å². The van der Waals surface area contributed by atoms with Gasteiger partial charge in [-0.25, -0.2) is 9.78 Å². The van der Waals surface area contributed by atoms with Gasteiger partial charge in [-0.2, -0.15) is 4.98 Å². The number of carboxylic acids is 1. The Hall–Kier alpha value is -3.45. The van der Waals surface area contributed by atoms with Crippen LogP contribution in [0.1, 0.15) is 16.7 Å². The van der Waals surface area contributed by atoms with E-state index < -0.39 is 17.7 Å². The molecule has 0 amide bonds. The van der Waals surface area contributed by atoms with Crippen molar-refractivity contribution in [3.8, 4) is 11.9 Å². The van der Waals surface area contributed by atoms with E-state index in [0.29, 0.717) is 16.7 Å². The van der Waals surface area contributed by atoms with Crippen molar-refractivity contribution in [3.05, 3.63) is 83.6 Å². The summed E-state index contributed by atoms with van der Waals surface area (Å²) in [7, 11) is 1.44. The molecule has 0 fully saturated rings. The van der Waals surface area contributed by atoms with Crippen LogP contribution in [0.2, 0.25) is 0 Å². The van der Waals surface area contributed by atoms with E-state index in [2.05, 4.69) is 9.97 Å². The Morgan fingerprint density at radius 1 is 1.04 bits per heavy atom. The highest BCUT2D eigenvalue weighted by molar-refractivity contribution is 5.76. The van der Waals surface area contributed by atoms with Crippen molar-refractivity contribution in [1.29, 1.82) is 0 Å². The number of carboxylic acid groups (broad SMARTS) is 1. The van der Waals surface area contributed by atoms with Crippen molar-refractivity contribution in [1.82, 2.24) is 9.97 Å². The van der Waals surface area contributed by atoms with Gasteiger partial charge in [0, 0.05) is 11.8 Å². The minimum absolute atomic E-state index is 0.208. The summed E-state index contributed by atoms with van der Waals surface area (Å²) in [5, 5.41) is 21.5. The summed E-state index contributed by atoms with van der Waals surface area (Å²) in [4.78, 5) is 20.3. The highest BCUT2D eigenvalue weighted by Gasteiger charge is 2.47. The minimum Gasteiger partial charge on any atom is -0.481 e. The number of nitrogens with zero attached hydrogens (tertiary/aromatic N) is 2. The molecule has 1 aromatic heterocycles. The van der Waals surface area contributed by atoms with E-state index in [-0.39, 0.29) is 11.9 Å². The number of ether oxygens (including phenoxy) is 2. The first-order chi connectivity index (χ1) is 13.5. The lowest BCUT2D eigenvalue weighted by Gasteiger charge is -2.34. The number of aryl methyl sites for hydroxylation is 1. The number of carbonyl (C=O) groups is 1. The van der Waals surface area contributed by atoms with Crippen molar-refractivity contribution < 1.29 is 24.5 Å². The van der Waals surface area contributed by atoms with Crippen molar-refractivity contribution in [3.63, 3.8) is 0 Å². The molecule has 0 saturated carbocycles. The van der Waals surface area contributed by atoms with E-state index in [1.54, 1.807) is 67.6 Å². The molecule has 1 unspecified atom stereocenters. The third-order valence-corrected chi connectivity index (χ3v) is 4.35. The van der Waals surface area contributed by atoms with Gasteiger partial charge in [0.05, 0.1) is 7.11 Å². The smallest absolute Gasteiger partial charge is 0.348 e. The molecule has 1 heterocycles. The molecule has 0 aliphatic rings. The maximum atomic E-state index is 12.1. The summed E-state index contributed by atoms with van der Waals surface area (Å²) in [5.41, 5.74) is -0.570. The van der Waals surface area contributed by atoms with Crippen LogP contribution in [0.5, 0.6) is 11.9 Å². The second-order valence-electron chi connectivity index (χ2n) is 6.18. The Bertz CT molecular complexity index is 908. The lowest BCUT2D eigenvalue weighted by Crippen LogP contribution is -2.49. The number of rotatable bonds is 7. The van der Waals surface area contributed by atoms with Crippen LogP contribution < -0.4 is 9.47 Å². The molecule has 7 heteroatoms. The van der Waals surface area contributed by atoms with Gasteiger partial charge in [0.2, 0.25) is 12.0 Å². The van der Waals surface area contributed by atoms with Crippen LogP contribution in [0.25, 0.3) is 0 Å². The molecule has 0 saturated heterocycles. The molecule has 1 atom stereocenters. The Labute approximate surface area is 162 Å². The molecule has 0 aliphatic carbocycles. The maximum Gasteiger partial charge on any atom is 0.348 e. The molecule has 0 spiro atoms.